The van der Waals surface area contributed by atoms with E-state index < -0.39 is 35.6 Å². The molecular weight excluding hydrogens is 343 g/mol. The van der Waals surface area contributed by atoms with Crippen LogP contribution >= 0.6 is 11.8 Å². The Hall–Kier alpha value is -1.24. The summed E-state index contributed by atoms with van der Waals surface area (Å²) in [5.41, 5.74) is 0. The van der Waals surface area contributed by atoms with Crippen LogP contribution in [0.5, 0.6) is 0 Å². The normalized spacial score (nSPS) is 18.4. The van der Waals surface area contributed by atoms with Crippen LogP contribution in [0.1, 0.15) is 19.3 Å². The van der Waals surface area contributed by atoms with Crippen LogP contribution in [0.2, 0.25) is 0 Å². The molecule has 0 aliphatic carbocycles. The lowest BCUT2D eigenvalue weighted by Gasteiger charge is -2.32. The van der Waals surface area contributed by atoms with Gasteiger partial charge in [-0.15, -0.1) is 11.8 Å². The molecule has 0 radical (unpaired) electrons. The van der Waals surface area contributed by atoms with Crippen molar-refractivity contribution in [2.45, 2.75) is 36.6 Å². The first-order valence-corrected chi connectivity index (χ1v) is 7.96. The van der Waals surface area contributed by atoms with Crippen LogP contribution in [-0.2, 0) is 4.74 Å². The maximum absolute atomic E-state index is 12.8. The lowest BCUT2D eigenvalue weighted by Crippen LogP contribution is -2.40. The number of nitrogens with zero attached hydrogens (tertiary/aromatic N) is 2. The number of hydrogen-bond donors (Lipinski definition) is 0. The van der Waals surface area contributed by atoms with E-state index in [1.54, 1.807) is 0 Å². The molecule has 1 rings (SSSR count). The smallest absolute Gasteiger partial charge is 0.453 e. The molecule has 10 heteroatoms. The number of ether oxygens (including phenoxy) is 1. The zero-order valence-electron chi connectivity index (χ0n) is 12.4. The topological polar surface area (TPSA) is 53.3 Å². The fourth-order valence-corrected chi connectivity index (χ4v) is 3.50. The summed E-state index contributed by atoms with van der Waals surface area (Å²) in [5, 5.41) is 8.44. The van der Waals surface area contributed by atoms with E-state index in [1.165, 1.54) is 12.0 Å². The van der Waals surface area contributed by atoms with Crippen molar-refractivity contribution in [1.82, 2.24) is 4.90 Å². The van der Waals surface area contributed by atoms with Gasteiger partial charge in [0.1, 0.15) is 0 Å². The SMILES string of the molecule is COC(=O)N1CCC(C(C#N)SCCC(F)(F)C(F)(F)F)CC1. The van der Waals surface area contributed by atoms with Crippen LogP contribution in [-0.4, -0.2) is 54.3 Å². The summed E-state index contributed by atoms with van der Waals surface area (Å²) in [4.78, 5) is 12.8. The Morgan fingerprint density at radius 1 is 1.35 bits per heavy atom. The number of alkyl halides is 5. The average molecular weight is 360 g/mol. The molecule has 0 aromatic carbocycles. The molecule has 0 aromatic heterocycles. The Bertz CT molecular complexity index is 445. The number of nitriles is 1. The van der Waals surface area contributed by atoms with Gasteiger partial charge in [-0.1, -0.05) is 0 Å². The van der Waals surface area contributed by atoms with Gasteiger partial charge in [0.25, 0.3) is 0 Å². The fraction of sp³-hybridized carbons (Fsp3) is 0.846. The number of amides is 1. The van der Waals surface area contributed by atoms with E-state index in [1.807, 2.05) is 6.07 Å². The summed E-state index contributed by atoms with van der Waals surface area (Å²) in [7, 11) is 1.25. The Balaban J connectivity index is 2.45. The first-order chi connectivity index (χ1) is 10.6. The highest BCUT2D eigenvalue weighted by Crippen LogP contribution is 2.39. The molecule has 23 heavy (non-hydrogen) atoms. The lowest BCUT2D eigenvalue weighted by atomic mass is 9.94. The summed E-state index contributed by atoms with van der Waals surface area (Å²) in [6.45, 7) is 0.740. The highest BCUT2D eigenvalue weighted by molar-refractivity contribution is 8.00. The Labute approximate surface area is 134 Å². The quantitative estimate of drug-likeness (QED) is 0.702. The molecule has 0 N–H and O–H groups in total. The van der Waals surface area contributed by atoms with Gasteiger partial charge < -0.3 is 9.64 Å². The molecule has 1 heterocycles. The average Bonchev–Trinajstić information content (AvgIpc) is 2.50. The summed E-state index contributed by atoms with van der Waals surface area (Å²) in [6.07, 6.45) is -6.43. The second-order valence-electron chi connectivity index (χ2n) is 5.17. The maximum atomic E-state index is 12.8. The first-order valence-electron chi connectivity index (χ1n) is 6.91. The van der Waals surface area contributed by atoms with E-state index in [4.69, 9.17) is 5.26 Å². The van der Waals surface area contributed by atoms with Crippen molar-refractivity contribution in [3.63, 3.8) is 0 Å². The summed E-state index contributed by atoms with van der Waals surface area (Å²) in [6, 6.07) is 1.96. The predicted octanol–water partition coefficient (Wildman–Crippen LogP) is 3.68. The number of halogens is 5. The predicted molar refractivity (Wildman–Crippen MR) is 74.2 cm³/mol. The summed E-state index contributed by atoms with van der Waals surface area (Å²) < 4.78 is 66.4. The number of rotatable bonds is 5. The van der Waals surface area contributed by atoms with E-state index in [0.29, 0.717) is 25.9 Å². The summed E-state index contributed by atoms with van der Waals surface area (Å²) >= 11 is 0.811. The van der Waals surface area contributed by atoms with Gasteiger partial charge in [-0.3, -0.25) is 0 Å². The Kier molecular flexibility index (Phi) is 6.92. The number of hydrogen-bond acceptors (Lipinski definition) is 4. The van der Waals surface area contributed by atoms with E-state index in [2.05, 4.69) is 4.74 Å². The van der Waals surface area contributed by atoms with Crippen molar-refractivity contribution in [2.75, 3.05) is 26.0 Å². The highest BCUT2D eigenvalue weighted by Gasteiger charge is 2.56. The van der Waals surface area contributed by atoms with Gasteiger partial charge in [0.05, 0.1) is 18.4 Å². The van der Waals surface area contributed by atoms with Crippen molar-refractivity contribution in [2.24, 2.45) is 5.92 Å². The molecule has 132 valence electrons. The maximum Gasteiger partial charge on any atom is 0.453 e. The zero-order valence-corrected chi connectivity index (χ0v) is 13.2. The first kappa shape index (κ1) is 19.8. The minimum atomic E-state index is -5.57. The number of carbonyl (C=O) groups excluding carboxylic acids is 1. The highest BCUT2D eigenvalue weighted by atomic mass is 32.2. The molecule has 1 amide bonds. The Morgan fingerprint density at radius 3 is 2.35 bits per heavy atom. The van der Waals surface area contributed by atoms with Crippen LogP contribution in [0, 0.1) is 17.2 Å². The molecule has 1 saturated heterocycles. The minimum absolute atomic E-state index is 0.148. The second-order valence-corrected chi connectivity index (χ2v) is 6.42. The zero-order chi connectivity index (χ0) is 17.7. The molecule has 4 nitrogen and oxygen atoms in total. The number of piperidine rings is 1. The molecule has 1 aliphatic heterocycles. The van der Waals surface area contributed by atoms with Gasteiger partial charge in [-0.2, -0.15) is 27.2 Å². The van der Waals surface area contributed by atoms with Crippen molar-refractivity contribution in [3.8, 4) is 6.07 Å². The van der Waals surface area contributed by atoms with E-state index in [0.717, 1.165) is 11.8 Å². The molecule has 0 aromatic rings. The van der Waals surface area contributed by atoms with Gasteiger partial charge in [-0.05, 0) is 18.8 Å². The van der Waals surface area contributed by atoms with Crippen LogP contribution in [0.3, 0.4) is 0 Å². The molecule has 0 saturated carbocycles. The van der Waals surface area contributed by atoms with Crippen molar-refractivity contribution in [3.05, 3.63) is 0 Å². The van der Waals surface area contributed by atoms with Crippen molar-refractivity contribution < 1.29 is 31.5 Å². The molecule has 1 aliphatic rings. The second kappa shape index (κ2) is 8.04. The molecule has 1 unspecified atom stereocenters. The molecule has 0 spiro atoms. The third-order valence-electron chi connectivity index (χ3n) is 3.66. The molecule has 0 bridgehead atoms. The molecular formula is C13H17F5N2O2S. The monoisotopic (exact) mass is 360 g/mol. The largest absolute Gasteiger partial charge is 0.453 e. The van der Waals surface area contributed by atoms with Gasteiger partial charge >= 0.3 is 18.2 Å². The van der Waals surface area contributed by atoms with E-state index in [9.17, 15) is 26.7 Å². The van der Waals surface area contributed by atoms with Gasteiger partial charge in [-0.25, -0.2) is 4.79 Å². The molecule has 1 atom stereocenters. The summed E-state index contributed by atoms with van der Waals surface area (Å²) in [5.74, 6) is -5.35. The minimum Gasteiger partial charge on any atom is -0.453 e. The number of carbonyl (C=O) groups is 1. The Morgan fingerprint density at radius 2 is 1.91 bits per heavy atom. The lowest BCUT2D eigenvalue weighted by molar-refractivity contribution is -0.282. The third-order valence-corrected chi connectivity index (χ3v) is 4.95. The number of methoxy groups -OCH3 is 1. The van der Waals surface area contributed by atoms with Crippen LogP contribution in [0.25, 0.3) is 0 Å². The van der Waals surface area contributed by atoms with Gasteiger partial charge in [0.2, 0.25) is 0 Å². The fourth-order valence-electron chi connectivity index (χ4n) is 2.25. The van der Waals surface area contributed by atoms with E-state index in [-0.39, 0.29) is 5.92 Å². The molecule has 1 fully saturated rings. The standard InChI is InChI=1S/C13H17F5N2O2S/c1-22-11(21)20-5-2-9(3-6-20)10(8-19)23-7-4-12(14,15)13(16,17)18/h9-10H,2-7H2,1H3. The van der Waals surface area contributed by atoms with Crippen LogP contribution in [0.15, 0.2) is 0 Å². The van der Waals surface area contributed by atoms with Crippen molar-refractivity contribution >= 4 is 17.9 Å². The van der Waals surface area contributed by atoms with Gasteiger partial charge in [0, 0.05) is 25.3 Å². The van der Waals surface area contributed by atoms with E-state index >= 15 is 0 Å². The van der Waals surface area contributed by atoms with Crippen LogP contribution < -0.4 is 0 Å². The number of thioether (sulfide) groups is 1. The van der Waals surface area contributed by atoms with Crippen LogP contribution in [0.4, 0.5) is 26.7 Å². The van der Waals surface area contributed by atoms with Crippen molar-refractivity contribution in [1.29, 1.82) is 5.26 Å². The third kappa shape index (κ3) is 5.41. The van der Waals surface area contributed by atoms with Gasteiger partial charge in [0.15, 0.2) is 0 Å². The number of likely N-dealkylation sites (tertiary alicyclic amines) is 1.